The van der Waals surface area contributed by atoms with E-state index in [0.717, 1.165) is 11.6 Å². The Labute approximate surface area is 228 Å². The third-order valence-corrected chi connectivity index (χ3v) is 5.50. The van der Waals surface area contributed by atoms with E-state index in [1.165, 1.54) is 48.7 Å². The monoisotopic (exact) mass is 538 g/mol. The first-order valence-corrected chi connectivity index (χ1v) is 12.0. The number of carbonyl (C=O) groups is 4. The highest BCUT2D eigenvalue weighted by Gasteiger charge is 2.18. The lowest BCUT2D eigenvalue weighted by Crippen LogP contribution is -2.33. The first-order chi connectivity index (χ1) is 19.3. The minimum atomic E-state index is -1.06. The van der Waals surface area contributed by atoms with Gasteiger partial charge in [-0.15, -0.1) is 0 Å². The number of halogens is 1. The molecule has 4 aromatic rings. The van der Waals surface area contributed by atoms with Gasteiger partial charge in [0, 0.05) is 5.69 Å². The number of nitrogens with one attached hydrogen (secondary N) is 3. The van der Waals surface area contributed by atoms with Gasteiger partial charge in [0.1, 0.15) is 11.6 Å². The van der Waals surface area contributed by atoms with Gasteiger partial charge in [-0.05, 0) is 73.2 Å². The molecular formula is C30H23FN4O5. The molecule has 0 spiro atoms. The van der Waals surface area contributed by atoms with Gasteiger partial charge in [0.25, 0.3) is 5.91 Å². The highest BCUT2D eigenvalue weighted by Crippen LogP contribution is 2.18. The van der Waals surface area contributed by atoms with E-state index in [1.807, 2.05) is 19.1 Å². The van der Waals surface area contributed by atoms with Crippen LogP contribution in [0.25, 0.3) is 0 Å². The van der Waals surface area contributed by atoms with Gasteiger partial charge in [-0.25, -0.2) is 14.6 Å². The fourth-order valence-electron chi connectivity index (χ4n) is 3.43. The molecule has 200 valence electrons. The van der Waals surface area contributed by atoms with Crippen LogP contribution in [-0.2, 0) is 9.59 Å². The van der Waals surface area contributed by atoms with Crippen molar-refractivity contribution < 1.29 is 28.3 Å². The molecule has 0 radical (unpaired) electrons. The Bertz CT molecular complexity index is 1580. The Morgan fingerprint density at radius 3 is 2.10 bits per heavy atom. The smallest absolute Gasteiger partial charge is 0.346 e. The maximum atomic E-state index is 13.7. The van der Waals surface area contributed by atoms with Crippen LogP contribution >= 0.6 is 0 Å². The summed E-state index contributed by atoms with van der Waals surface area (Å²) in [4.78, 5) is 49.5. The van der Waals surface area contributed by atoms with Crippen molar-refractivity contribution in [2.45, 2.75) is 6.92 Å². The standard InChI is InChI=1S/C30H23FN4O5/c1-19-10-14-21(15-11-19)33-27(36)24-7-3-5-9-26(24)34-28(37)29(38)35-32-18-20-12-16-22(17-13-20)40-30(39)23-6-2-4-8-25(23)31/h2-18H,1H3,(H,33,36)(H,34,37)(H,35,38)/b32-18-. The van der Waals surface area contributed by atoms with E-state index in [9.17, 15) is 23.6 Å². The number of nitrogens with zero attached hydrogens (tertiary/aromatic N) is 1. The summed E-state index contributed by atoms with van der Waals surface area (Å²) < 4.78 is 18.9. The average Bonchev–Trinajstić information content (AvgIpc) is 2.95. The molecule has 0 heterocycles. The summed E-state index contributed by atoms with van der Waals surface area (Å²) in [5, 5.41) is 8.92. The fourth-order valence-corrected chi connectivity index (χ4v) is 3.43. The first kappa shape index (κ1) is 27.4. The van der Waals surface area contributed by atoms with Crippen LogP contribution in [0.1, 0.15) is 31.8 Å². The molecule has 0 saturated carbocycles. The summed E-state index contributed by atoms with van der Waals surface area (Å²) in [5.41, 5.74) is 4.38. The van der Waals surface area contributed by atoms with Crippen molar-refractivity contribution >= 4 is 41.3 Å². The third kappa shape index (κ3) is 7.23. The summed E-state index contributed by atoms with van der Waals surface area (Å²) in [6, 6.07) is 25.0. The first-order valence-electron chi connectivity index (χ1n) is 12.0. The lowest BCUT2D eigenvalue weighted by molar-refractivity contribution is -0.136. The Kier molecular flexibility index (Phi) is 8.73. The molecule has 0 aliphatic rings. The van der Waals surface area contributed by atoms with Crippen LogP contribution in [0.3, 0.4) is 0 Å². The summed E-state index contributed by atoms with van der Waals surface area (Å²) in [6.07, 6.45) is 1.27. The Balaban J connectivity index is 1.31. The van der Waals surface area contributed by atoms with Gasteiger partial charge in [0.05, 0.1) is 23.0 Å². The number of ether oxygens (including phenoxy) is 1. The average molecular weight is 539 g/mol. The number of hydrazone groups is 1. The number of anilines is 2. The maximum Gasteiger partial charge on any atom is 0.346 e. The SMILES string of the molecule is Cc1ccc(NC(=O)c2ccccc2NC(=O)C(=O)N/N=C\c2ccc(OC(=O)c3ccccc3F)cc2)cc1. The molecule has 9 nitrogen and oxygen atoms in total. The van der Waals surface area contributed by atoms with Gasteiger partial charge in [0.15, 0.2) is 0 Å². The summed E-state index contributed by atoms with van der Waals surface area (Å²) >= 11 is 0. The molecule has 0 aliphatic heterocycles. The maximum absolute atomic E-state index is 13.7. The van der Waals surface area contributed by atoms with Gasteiger partial charge in [0.2, 0.25) is 0 Å². The largest absolute Gasteiger partial charge is 0.423 e. The molecule has 0 saturated heterocycles. The molecular weight excluding hydrogens is 515 g/mol. The number of hydrogen-bond donors (Lipinski definition) is 3. The van der Waals surface area contributed by atoms with Crippen molar-refractivity contribution in [2.24, 2.45) is 5.10 Å². The molecule has 0 bridgehead atoms. The topological polar surface area (TPSA) is 126 Å². The molecule has 4 aromatic carbocycles. The second-order valence-corrected chi connectivity index (χ2v) is 8.46. The van der Waals surface area contributed by atoms with Crippen molar-refractivity contribution in [3.63, 3.8) is 0 Å². The number of hydrogen-bond acceptors (Lipinski definition) is 6. The van der Waals surface area contributed by atoms with Crippen LogP contribution in [0.15, 0.2) is 102 Å². The number of aryl methyl sites for hydroxylation is 1. The van der Waals surface area contributed by atoms with Crippen molar-refractivity contribution in [2.75, 3.05) is 10.6 Å². The fraction of sp³-hybridized carbons (Fsp3) is 0.0333. The van der Waals surface area contributed by atoms with E-state index in [4.69, 9.17) is 4.74 Å². The molecule has 40 heavy (non-hydrogen) atoms. The van der Waals surface area contributed by atoms with E-state index >= 15 is 0 Å². The van der Waals surface area contributed by atoms with Crippen LogP contribution in [0, 0.1) is 12.7 Å². The highest BCUT2D eigenvalue weighted by molar-refractivity contribution is 6.40. The van der Waals surface area contributed by atoms with Crippen LogP contribution in [0.2, 0.25) is 0 Å². The molecule has 3 N–H and O–H groups in total. The number of benzene rings is 4. The van der Waals surface area contributed by atoms with E-state index in [0.29, 0.717) is 11.3 Å². The normalized spacial score (nSPS) is 10.6. The van der Waals surface area contributed by atoms with Crippen LogP contribution in [-0.4, -0.2) is 29.9 Å². The van der Waals surface area contributed by atoms with E-state index < -0.39 is 29.5 Å². The molecule has 3 amide bonds. The number of amides is 3. The lowest BCUT2D eigenvalue weighted by atomic mass is 10.1. The van der Waals surface area contributed by atoms with Crippen LogP contribution in [0.5, 0.6) is 5.75 Å². The van der Waals surface area contributed by atoms with Gasteiger partial charge < -0.3 is 15.4 Å². The highest BCUT2D eigenvalue weighted by atomic mass is 19.1. The molecule has 0 atom stereocenters. The lowest BCUT2D eigenvalue weighted by Gasteiger charge is -2.11. The predicted octanol–water partition coefficient (Wildman–Crippen LogP) is 4.69. The van der Waals surface area contributed by atoms with Crippen molar-refractivity contribution in [3.05, 3.63) is 125 Å². The Hall–Kier alpha value is -5.64. The number of esters is 1. The number of rotatable bonds is 7. The van der Waals surface area contributed by atoms with Crippen LogP contribution < -0.4 is 20.8 Å². The zero-order valence-corrected chi connectivity index (χ0v) is 21.2. The van der Waals surface area contributed by atoms with Crippen molar-refractivity contribution in [3.8, 4) is 5.75 Å². The van der Waals surface area contributed by atoms with Crippen molar-refractivity contribution in [1.29, 1.82) is 0 Å². The molecule has 0 fully saturated rings. The molecule has 0 aliphatic carbocycles. The summed E-state index contributed by atoms with van der Waals surface area (Å²) in [7, 11) is 0. The van der Waals surface area contributed by atoms with E-state index in [2.05, 4.69) is 21.2 Å². The quantitative estimate of drug-likeness (QED) is 0.103. The zero-order valence-electron chi connectivity index (χ0n) is 21.2. The van der Waals surface area contributed by atoms with Gasteiger partial charge in [-0.2, -0.15) is 5.10 Å². The molecule has 0 aromatic heterocycles. The molecule has 0 unspecified atom stereocenters. The van der Waals surface area contributed by atoms with E-state index in [1.54, 1.807) is 36.4 Å². The van der Waals surface area contributed by atoms with E-state index in [-0.39, 0.29) is 22.6 Å². The van der Waals surface area contributed by atoms with Crippen LogP contribution in [0.4, 0.5) is 15.8 Å². The minimum absolute atomic E-state index is 0.150. The zero-order chi connectivity index (χ0) is 28.5. The second kappa shape index (κ2) is 12.7. The summed E-state index contributed by atoms with van der Waals surface area (Å²) in [5.74, 6) is -3.89. The van der Waals surface area contributed by atoms with Gasteiger partial charge in [-0.1, -0.05) is 42.0 Å². The predicted molar refractivity (Wildman–Crippen MR) is 148 cm³/mol. The molecule has 10 heteroatoms. The number of carbonyl (C=O) groups excluding carboxylic acids is 4. The van der Waals surface area contributed by atoms with Gasteiger partial charge in [-0.3, -0.25) is 14.4 Å². The van der Waals surface area contributed by atoms with Crippen molar-refractivity contribution in [1.82, 2.24) is 5.43 Å². The Morgan fingerprint density at radius 2 is 1.40 bits per heavy atom. The second-order valence-electron chi connectivity index (χ2n) is 8.46. The third-order valence-electron chi connectivity index (χ3n) is 5.50. The minimum Gasteiger partial charge on any atom is -0.423 e. The number of para-hydroxylation sites is 1. The van der Waals surface area contributed by atoms with Gasteiger partial charge >= 0.3 is 17.8 Å². The molecule has 4 rings (SSSR count). The Morgan fingerprint density at radius 1 is 0.750 bits per heavy atom. The summed E-state index contributed by atoms with van der Waals surface area (Å²) in [6.45, 7) is 1.93.